The van der Waals surface area contributed by atoms with E-state index in [2.05, 4.69) is 16.6 Å². The lowest BCUT2D eigenvalue weighted by atomic mass is 10.4. The zero-order valence-electron chi connectivity index (χ0n) is 4.77. The molecule has 1 radical (unpaired) electrons. The van der Waals surface area contributed by atoms with Crippen molar-refractivity contribution in [3.05, 3.63) is 24.4 Å². The van der Waals surface area contributed by atoms with Crippen molar-refractivity contribution in [1.82, 2.24) is 5.16 Å². The molecule has 1 heterocycles. The Bertz CT molecular complexity index is 227. The Morgan fingerprint density at radius 1 is 1.50 bits per heavy atom. The Balaban J connectivity index is 2.96. The smallest absolute Gasteiger partial charge is 0.351 e. The van der Waals surface area contributed by atoms with Gasteiger partial charge in [0, 0.05) is 6.07 Å². The van der Waals surface area contributed by atoms with Gasteiger partial charge >= 0.3 is 6.18 Å². The summed E-state index contributed by atoms with van der Waals surface area (Å²) in [7, 11) is 0. The van der Waals surface area contributed by atoms with E-state index in [9.17, 15) is 13.2 Å². The van der Waals surface area contributed by atoms with Gasteiger partial charge in [0.1, 0.15) is 0 Å². The van der Waals surface area contributed by atoms with Crippen molar-refractivity contribution in [2.45, 2.75) is 6.18 Å². The monoisotopic (exact) mass is 150 g/mol. The van der Waals surface area contributed by atoms with Crippen LogP contribution in [0, 0.1) is 6.92 Å². The van der Waals surface area contributed by atoms with Crippen LogP contribution in [0.1, 0.15) is 11.5 Å². The maximum atomic E-state index is 11.6. The van der Waals surface area contributed by atoms with Gasteiger partial charge in [-0.2, -0.15) is 13.2 Å². The standard InChI is InChI=1S/C5H3F3NO/c1-3-2-4(10-9-3)5(6,7)8/h2H,1H2. The fraction of sp³-hybridized carbons (Fsp3) is 0.200. The maximum absolute atomic E-state index is 11.6. The topological polar surface area (TPSA) is 26.0 Å². The molecule has 0 aliphatic rings. The molecule has 0 bridgehead atoms. The minimum absolute atomic E-state index is 0.0210. The molecular weight excluding hydrogens is 147 g/mol. The lowest BCUT2D eigenvalue weighted by Gasteiger charge is -1.96. The predicted octanol–water partition coefficient (Wildman–Crippen LogP) is 1.88. The van der Waals surface area contributed by atoms with Crippen molar-refractivity contribution in [3.8, 4) is 0 Å². The van der Waals surface area contributed by atoms with Crippen LogP contribution >= 0.6 is 0 Å². The van der Waals surface area contributed by atoms with Gasteiger partial charge in [-0.05, 0) is 6.92 Å². The number of nitrogens with zero attached hydrogens (tertiary/aromatic N) is 1. The second-order valence-electron chi connectivity index (χ2n) is 1.68. The van der Waals surface area contributed by atoms with Crippen LogP contribution in [0.3, 0.4) is 0 Å². The molecule has 0 spiro atoms. The summed E-state index contributed by atoms with van der Waals surface area (Å²) >= 11 is 0. The van der Waals surface area contributed by atoms with E-state index in [1.54, 1.807) is 0 Å². The fourth-order valence-corrected chi connectivity index (χ4v) is 0.445. The highest BCUT2D eigenvalue weighted by Crippen LogP contribution is 2.29. The molecule has 0 saturated carbocycles. The minimum atomic E-state index is -4.46. The Labute approximate surface area is 54.6 Å². The third-order valence-corrected chi connectivity index (χ3v) is 0.838. The van der Waals surface area contributed by atoms with Crippen molar-refractivity contribution < 1.29 is 17.7 Å². The first-order valence-electron chi connectivity index (χ1n) is 2.36. The van der Waals surface area contributed by atoms with Crippen LogP contribution in [-0.4, -0.2) is 5.16 Å². The summed E-state index contributed by atoms with van der Waals surface area (Å²) in [4.78, 5) is 0. The lowest BCUT2D eigenvalue weighted by molar-refractivity contribution is -0.155. The van der Waals surface area contributed by atoms with E-state index < -0.39 is 11.9 Å². The van der Waals surface area contributed by atoms with Gasteiger partial charge in [-0.15, -0.1) is 0 Å². The van der Waals surface area contributed by atoms with Crippen LogP contribution in [0.25, 0.3) is 0 Å². The quantitative estimate of drug-likeness (QED) is 0.564. The van der Waals surface area contributed by atoms with E-state index in [0.29, 0.717) is 0 Å². The van der Waals surface area contributed by atoms with Crippen LogP contribution in [0.5, 0.6) is 0 Å². The van der Waals surface area contributed by atoms with Gasteiger partial charge in [-0.1, -0.05) is 5.16 Å². The second-order valence-corrected chi connectivity index (χ2v) is 1.68. The molecule has 0 amide bonds. The van der Waals surface area contributed by atoms with E-state index >= 15 is 0 Å². The van der Waals surface area contributed by atoms with Gasteiger partial charge < -0.3 is 4.52 Å². The van der Waals surface area contributed by atoms with Crippen molar-refractivity contribution in [2.75, 3.05) is 0 Å². The Kier molecular flexibility index (Phi) is 1.42. The molecule has 5 heteroatoms. The Hall–Kier alpha value is -1.00. The highest BCUT2D eigenvalue weighted by molar-refractivity contribution is 5.09. The fourth-order valence-electron chi connectivity index (χ4n) is 0.445. The third kappa shape index (κ3) is 1.29. The van der Waals surface area contributed by atoms with Gasteiger partial charge in [0.25, 0.3) is 0 Å². The molecule has 0 saturated heterocycles. The first kappa shape index (κ1) is 7.11. The summed E-state index contributed by atoms with van der Waals surface area (Å²) in [6.07, 6.45) is -4.46. The van der Waals surface area contributed by atoms with Gasteiger partial charge in [-0.3, -0.25) is 0 Å². The molecule has 0 aromatic carbocycles. The summed E-state index contributed by atoms with van der Waals surface area (Å²) in [5, 5.41) is 2.98. The molecule has 1 aromatic rings. The van der Waals surface area contributed by atoms with Gasteiger partial charge in [-0.25, -0.2) is 0 Å². The molecule has 0 aliphatic heterocycles. The zero-order chi connectivity index (χ0) is 7.78. The molecule has 0 fully saturated rings. The van der Waals surface area contributed by atoms with Crippen LogP contribution in [0.2, 0.25) is 0 Å². The maximum Gasteiger partial charge on any atom is 0.452 e. The molecule has 55 valence electrons. The largest absolute Gasteiger partial charge is 0.452 e. The number of hydrogen-bond donors (Lipinski definition) is 0. The normalized spacial score (nSPS) is 12.0. The summed E-state index contributed by atoms with van der Waals surface area (Å²) in [5.74, 6) is -1.11. The SMILES string of the molecule is [CH2]c1cc(C(F)(F)F)on1. The van der Waals surface area contributed by atoms with E-state index in [-0.39, 0.29) is 5.69 Å². The van der Waals surface area contributed by atoms with Gasteiger partial charge in [0.15, 0.2) is 0 Å². The molecule has 0 N–H and O–H groups in total. The highest BCUT2D eigenvalue weighted by atomic mass is 19.4. The summed E-state index contributed by atoms with van der Waals surface area (Å²) in [6.45, 7) is 3.15. The van der Waals surface area contributed by atoms with E-state index in [0.717, 1.165) is 6.07 Å². The van der Waals surface area contributed by atoms with Crippen molar-refractivity contribution >= 4 is 0 Å². The molecule has 10 heavy (non-hydrogen) atoms. The summed E-state index contributed by atoms with van der Waals surface area (Å²) in [6, 6.07) is 0.736. The van der Waals surface area contributed by atoms with E-state index in [1.807, 2.05) is 0 Å². The first-order valence-corrected chi connectivity index (χ1v) is 2.36. The number of hydrogen-bond acceptors (Lipinski definition) is 2. The van der Waals surface area contributed by atoms with Crippen molar-refractivity contribution in [2.24, 2.45) is 0 Å². The summed E-state index contributed by atoms with van der Waals surface area (Å²) in [5.41, 5.74) is -0.0210. The molecule has 0 unspecified atom stereocenters. The molecular formula is C5H3F3NO. The number of halogens is 3. The van der Waals surface area contributed by atoms with Crippen LogP contribution in [0.4, 0.5) is 13.2 Å². The van der Waals surface area contributed by atoms with Crippen molar-refractivity contribution in [3.63, 3.8) is 0 Å². The number of alkyl halides is 3. The van der Waals surface area contributed by atoms with Gasteiger partial charge in [0.2, 0.25) is 5.76 Å². The third-order valence-electron chi connectivity index (χ3n) is 0.838. The second kappa shape index (κ2) is 2.00. The van der Waals surface area contributed by atoms with Crippen molar-refractivity contribution in [1.29, 1.82) is 0 Å². The van der Waals surface area contributed by atoms with Crippen LogP contribution in [0.15, 0.2) is 10.6 Å². The van der Waals surface area contributed by atoms with Crippen LogP contribution < -0.4 is 0 Å². The predicted molar refractivity (Wildman–Crippen MR) is 26.0 cm³/mol. The van der Waals surface area contributed by atoms with E-state index in [1.165, 1.54) is 0 Å². The number of rotatable bonds is 0. The van der Waals surface area contributed by atoms with Crippen LogP contribution in [-0.2, 0) is 6.18 Å². The zero-order valence-corrected chi connectivity index (χ0v) is 4.77. The van der Waals surface area contributed by atoms with E-state index in [4.69, 9.17) is 0 Å². The molecule has 2 nitrogen and oxygen atoms in total. The Morgan fingerprint density at radius 2 is 2.10 bits per heavy atom. The highest BCUT2D eigenvalue weighted by Gasteiger charge is 2.35. The average molecular weight is 150 g/mol. The molecule has 1 rings (SSSR count). The lowest BCUT2D eigenvalue weighted by Crippen LogP contribution is -2.01. The summed E-state index contributed by atoms with van der Waals surface area (Å²) < 4.78 is 38.8. The molecule has 0 aliphatic carbocycles. The van der Waals surface area contributed by atoms with Gasteiger partial charge in [0.05, 0.1) is 5.69 Å². The molecule has 0 atom stereocenters. The first-order chi connectivity index (χ1) is 4.50. The minimum Gasteiger partial charge on any atom is -0.351 e. The number of aromatic nitrogens is 1. The Morgan fingerprint density at radius 3 is 2.30 bits per heavy atom. The average Bonchev–Trinajstić information content (AvgIpc) is 2.11. The molecule has 1 aromatic heterocycles.